The zero-order chi connectivity index (χ0) is 21.0. The summed E-state index contributed by atoms with van der Waals surface area (Å²) in [4.78, 5) is 0. The van der Waals surface area contributed by atoms with Crippen LogP contribution in [0.4, 0.5) is 4.39 Å². The number of aromatic hydroxyl groups is 1. The van der Waals surface area contributed by atoms with Gasteiger partial charge in [0.25, 0.3) is 0 Å². The molecule has 0 saturated heterocycles. The molecule has 4 rings (SSSR count). The molecule has 162 valence electrons. The Morgan fingerprint density at radius 3 is 2.69 bits per heavy atom. The van der Waals surface area contributed by atoms with E-state index < -0.39 is 11.8 Å². The van der Waals surface area contributed by atoms with E-state index in [4.69, 9.17) is 23.2 Å². The summed E-state index contributed by atoms with van der Waals surface area (Å²) >= 11 is 12.4. The van der Waals surface area contributed by atoms with Gasteiger partial charge in [-0.1, -0.05) is 37.4 Å². The molecule has 1 aromatic carbocycles. The average Bonchev–Trinajstić information content (AvgIpc) is 2.90. The van der Waals surface area contributed by atoms with Gasteiger partial charge in [0.2, 0.25) is 0 Å². The van der Waals surface area contributed by atoms with E-state index in [0.717, 1.165) is 56.1 Å². The summed E-state index contributed by atoms with van der Waals surface area (Å²) in [5.41, 5.74) is 0.714. The van der Waals surface area contributed by atoms with Gasteiger partial charge in [-0.25, -0.2) is 4.39 Å². The third-order valence-electron chi connectivity index (χ3n) is 8.72. The van der Waals surface area contributed by atoms with Crippen molar-refractivity contribution in [1.82, 2.24) is 0 Å². The molecule has 0 unspecified atom stereocenters. The van der Waals surface area contributed by atoms with Crippen molar-refractivity contribution in [3.8, 4) is 5.75 Å². The molecule has 29 heavy (non-hydrogen) atoms. The highest BCUT2D eigenvalue weighted by Gasteiger charge is 2.63. The number of phenols is 1. The van der Waals surface area contributed by atoms with Gasteiger partial charge in [0.15, 0.2) is 0 Å². The summed E-state index contributed by atoms with van der Waals surface area (Å²) in [6, 6.07) is 3.50. The van der Waals surface area contributed by atoms with Crippen LogP contribution >= 0.6 is 23.2 Å². The minimum atomic E-state index is -1.00. The molecule has 3 aliphatic rings. The van der Waals surface area contributed by atoms with Gasteiger partial charge >= 0.3 is 0 Å². The Kier molecular flexibility index (Phi) is 5.90. The summed E-state index contributed by atoms with van der Waals surface area (Å²) in [6.07, 6.45) is 6.04. The molecule has 5 heteroatoms. The standard InChI is InChI=1S/C24H33Cl2FO2/c1-23-13-18(27)21-15-7-8-19(28)22(26)16(15)12-14(6-4-3-5-11-25)20(21)17(23)9-10-24(23,2)29/h7-8,14,17-18,20-21,28-29H,3-6,9-13H2,1-2H3/t14-,17+,18+,20+,21+,23+,24-/m1/s1. The van der Waals surface area contributed by atoms with E-state index in [0.29, 0.717) is 29.2 Å². The van der Waals surface area contributed by atoms with Crippen LogP contribution in [0.15, 0.2) is 12.1 Å². The third-order valence-corrected chi connectivity index (χ3v) is 9.41. The Morgan fingerprint density at radius 2 is 1.97 bits per heavy atom. The molecule has 2 saturated carbocycles. The molecule has 0 heterocycles. The molecule has 2 fully saturated rings. The lowest BCUT2D eigenvalue weighted by Crippen LogP contribution is -2.55. The molecule has 0 aromatic heterocycles. The molecular weight excluding hydrogens is 410 g/mol. The molecule has 7 atom stereocenters. The second-order valence-electron chi connectivity index (χ2n) is 10.1. The van der Waals surface area contributed by atoms with Crippen molar-refractivity contribution < 1.29 is 14.6 Å². The maximum atomic E-state index is 15.8. The molecule has 1 aromatic rings. The van der Waals surface area contributed by atoms with Gasteiger partial charge in [-0.15, -0.1) is 11.6 Å². The smallest absolute Gasteiger partial charge is 0.134 e. The fourth-order valence-corrected chi connectivity index (χ4v) is 7.43. The molecule has 0 radical (unpaired) electrons. The van der Waals surface area contributed by atoms with Crippen molar-refractivity contribution in [1.29, 1.82) is 0 Å². The highest BCUT2D eigenvalue weighted by molar-refractivity contribution is 6.32. The summed E-state index contributed by atoms with van der Waals surface area (Å²) in [5.74, 6) is 1.41. The number of phenolic OH excluding ortho intramolecular Hbond substituents is 1. The zero-order valence-corrected chi connectivity index (χ0v) is 18.9. The number of benzene rings is 1. The molecule has 3 aliphatic carbocycles. The van der Waals surface area contributed by atoms with Crippen molar-refractivity contribution in [2.45, 2.75) is 82.9 Å². The van der Waals surface area contributed by atoms with Gasteiger partial charge in [-0.3, -0.25) is 0 Å². The van der Waals surface area contributed by atoms with Crippen LogP contribution in [0.5, 0.6) is 5.75 Å². The second kappa shape index (κ2) is 7.88. The number of hydrogen-bond acceptors (Lipinski definition) is 2. The van der Waals surface area contributed by atoms with Gasteiger partial charge in [-0.2, -0.15) is 0 Å². The monoisotopic (exact) mass is 442 g/mol. The number of aliphatic hydroxyl groups is 1. The Balaban J connectivity index is 1.74. The number of rotatable bonds is 5. The first-order chi connectivity index (χ1) is 13.7. The Bertz CT molecular complexity index is 767. The zero-order valence-electron chi connectivity index (χ0n) is 17.4. The number of alkyl halides is 2. The number of fused-ring (bicyclic) bond motifs is 5. The van der Waals surface area contributed by atoms with E-state index in [1.165, 1.54) is 0 Å². The van der Waals surface area contributed by atoms with E-state index in [1.54, 1.807) is 6.07 Å². The predicted octanol–water partition coefficient (Wildman–Crippen LogP) is 6.63. The topological polar surface area (TPSA) is 40.5 Å². The van der Waals surface area contributed by atoms with Gasteiger partial charge in [0, 0.05) is 17.2 Å². The molecule has 0 aliphatic heterocycles. The van der Waals surface area contributed by atoms with E-state index in [-0.39, 0.29) is 23.0 Å². The minimum Gasteiger partial charge on any atom is -0.506 e. The lowest BCUT2D eigenvalue weighted by molar-refractivity contribution is -0.120. The maximum Gasteiger partial charge on any atom is 0.134 e. The quantitative estimate of drug-likeness (QED) is 0.396. The fraction of sp³-hybridized carbons (Fsp3) is 0.750. The second-order valence-corrected chi connectivity index (χ2v) is 10.9. The first-order valence-corrected chi connectivity index (χ1v) is 12.0. The van der Waals surface area contributed by atoms with Crippen LogP contribution in [-0.4, -0.2) is 27.9 Å². The highest BCUT2D eigenvalue weighted by atomic mass is 35.5. The van der Waals surface area contributed by atoms with Crippen LogP contribution in [0.25, 0.3) is 0 Å². The lowest BCUT2D eigenvalue weighted by Gasteiger charge is -2.56. The van der Waals surface area contributed by atoms with Crippen molar-refractivity contribution in [3.63, 3.8) is 0 Å². The van der Waals surface area contributed by atoms with E-state index in [2.05, 4.69) is 6.92 Å². The number of halogens is 3. The maximum absolute atomic E-state index is 15.8. The van der Waals surface area contributed by atoms with Crippen LogP contribution in [0.1, 0.15) is 75.8 Å². The largest absolute Gasteiger partial charge is 0.506 e. The number of unbranched alkanes of at least 4 members (excludes halogenated alkanes) is 2. The van der Waals surface area contributed by atoms with Crippen LogP contribution < -0.4 is 0 Å². The Hall–Kier alpha value is -0.510. The predicted molar refractivity (Wildman–Crippen MR) is 117 cm³/mol. The summed E-state index contributed by atoms with van der Waals surface area (Å²) in [7, 11) is 0. The normalized spacial score (nSPS) is 41.0. The van der Waals surface area contributed by atoms with Crippen LogP contribution in [-0.2, 0) is 6.42 Å². The highest BCUT2D eigenvalue weighted by Crippen LogP contribution is 2.66. The molecule has 0 spiro atoms. The lowest BCUT2D eigenvalue weighted by atomic mass is 9.50. The first-order valence-electron chi connectivity index (χ1n) is 11.1. The fourth-order valence-electron chi connectivity index (χ4n) is 6.99. The van der Waals surface area contributed by atoms with Crippen molar-refractivity contribution in [3.05, 3.63) is 28.3 Å². The summed E-state index contributed by atoms with van der Waals surface area (Å²) in [5, 5.41) is 21.7. The molecule has 0 bridgehead atoms. The van der Waals surface area contributed by atoms with Crippen LogP contribution in [0.2, 0.25) is 5.02 Å². The molecule has 0 amide bonds. The van der Waals surface area contributed by atoms with Crippen LogP contribution in [0, 0.1) is 23.2 Å². The van der Waals surface area contributed by atoms with E-state index in [1.807, 2.05) is 13.0 Å². The van der Waals surface area contributed by atoms with E-state index in [9.17, 15) is 10.2 Å². The first kappa shape index (κ1) is 21.7. The van der Waals surface area contributed by atoms with E-state index >= 15 is 4.39 Å². The van der Waals surface area contributed by atoms with Crippen molar-refractivity contribution in [2.24, 2.45) is 23.2 Å². The van der Waals surface area contributed by atoms with Crippen LogP contribution in [0.3, 0.4) is 0 Å². The molecular formula is C24H33Cl2FO2. The van der Waals surface area contributed by atoms with Gasteiger partial charge in [0.1, 0.15) is 11.9 Å². The van der Waals surface area contributed by atoms with Gasteiger partial charge in [-0.05, 0) is 80.4 Å². The third kappa shape index (κ3) is 3.40. The summed E-state index contributed by atoms with van der Waals surface area (Å²) < 4.78 is 15.8. The van der Waals surface area contributed by atoms with Gasteiger partial charge in [0.05, 0.1) is 10.6 Å². The van der Waals surface area contributed by atoms with Crippen molar-refractivity contribution >= 4 is 23.2 Å². The van der Waals surface area contributed by atoms with Gasteiger partial charge < -0.3 is 10.2 Å². The Labute approximate surface area is 183 Å². The molecule has 2 nitrogen and oxygen atoms in total. The average molecular weight is 443 g/mol. The Morgan fingerprint density at radius 1 is 1.21 bits per heavy atom. The summed E-state index contributed by atoms with van der Waals surface area (Å²) in [6.45, 7) is 4.01. The number of hydrogen-bond donors (Lipinski definition) is 2. The SMILES string of the molecule is C[C@]12C[C@H](F)[C@@H]3c4ccc(O)c(Cl)c4C[C@@H](CCCCCCl)[C@H]3[C@@H]1CC[C@@]2(C)O. The van der Waals surface area contributed by atoms with Crippen molar-refractivity contribution in [2.75, 3.05) is 5.88 Å². The molecule has 2 N–H and O–H groups in total. The minimum absolute atomic E-state index is 0.0876.